The van der Waals surface area contributed by atoms with Gasteiger partial charge >= 0.3 is 0 Å². The predicted molar refractivity (Wildman–Crippen MR) is 100 cm³/mol. The normalized spacial score (nSPS) is 10.3. The molecule has 0 aliphatic carbocycles. The number of nitriles is 1. The van der Waals surface area contributed by atoms with E-state index in [1.165, 1.54) is 12.1 Å². The van der Waals surface area contributed by atoms with Crippen LogP contribution in [0.2, 0.25) is 0 Å². The number of anilines is 1. The van der Waals surface area contributed by atoms with Gasteiger partial charge in [-0.3, -0.25) is 10.1 Å². The summed E-state index contributed by atoms with van der Waals surface area (Å²) in [6, 6.07) is 16.1. The highest BCUT2D eigenvalue weighted by atomic mass is 16.6. The van der Waals surface area contributed by atoms with Gasteiger partial charge in [0, 0.05) is 23.3 Å². The molecule has 0 fully saturated rings. The highest BCUT2D eigenvalue weighted by Gasteiger charge is 2.19. The van der Waals surface area contributed by atoms with Crippen molar-refractivity contribution >= 4 is 11.5 Å². The fourth-order valence-corrected chi connectivity index (χ4v) is 2.94. The van der Waals surface area contributed by atoms with Gasteiger partial charge in [-0.15, -0.1) is 0 Å². The van der Waals surface area contributed by atoms with Crippen LogP contribution in [0.3, 0.4) is 0 Å². The Hall–Kier alpha value is -3.72. The van der Waals surface area contributed by atoms with E-state index in [0.29, 0.717) is 16.8 Å². The van der Waals surface area contributed by atoms with Gasteiger partial charge in [0.05, 0.1) is 10.6 Å². The Bertz CT molecular complexity index is 1050. The number of nitrogens with zero attached hydrogens (tertiary/aromatic N) is 3. The Balaban J connectivity index is 2.31. The molecular formula is C20H16N4O2. The second kappa shape index (κ2) is 6.65. The number of hydrogen-bond donors (Lipinski definition) is 1. The van der Waals surface area contributed by atoms with Gasteiger partial charge in [-0.1, -0.05) is 42.0 Å². The molecule has 1 heterocycles. The number of nitro benzene ring substituents is 1. The molecule has 0 unspecified atom stereocenters. The van der Waals surface area contributed by atoms with Crippen LogP contribution < -0.4 is 5.73 Å². The van der Waals surface area contributed by atoms with E-state index < -0.39 is 4.92 Å². The summed E-state index contributed by atoms with van der Waals surface area (Å²) in [7, 11) is 0. The average molecular weight is 344 g/mol. The van der Waals surface area contributed by atoms with Crippen LogP contribution in [0.15, 0.2) is 48.5 Å². The molecule has 1 aromatic heterocycles. The van der Waals surface area contributed by atoms with E-state index in [0.717, 1.165) is 16.7 Å². The van der Waals surface area contributed by atoms with Crippen molar-refractivity contribution in [2.75, 3.05) is 5.73 Å². The number of rotatable bonds is 3. The summed E-state index contributed by atoms with van der Waals surface area (Å²) < 4.78 is 0. The Labute approximate surface area is 150 Å². The van der Waals surface area contributed by atoms with E-state index in [9.17, 15) is 15.4 Å². The first-order valence-corrected chi connectivity index (χ1v) is 7.94. The largest absolute Gasteiger partial charge is 0.383 e. The van der Waals surface area contributed by atoms with Crippen molar-refractivity contribution in [3.8, 4) is 28.5 Å². The first-order chi connectivity index (χ1) is 12.4. The van der Waals surface area contributed by atoms with Crippen LogP contribution >= 0.6 is 0 Å². The first kappa shape index (κ1) is 17.1. The molecule has 0 spiro atoms. The van der Waals surface area contributed by atoms with Gasteiger partial charge < -0.3 is 5.73 Å². The van der Waals surface area contributed by atoms with Crippen molar-refractivity contribution in [2.45, 2.75) is 13.8 Å². The van der Waals surface area contributed by atoms with E-state index in [1.807, 2.05) is 38.1 Å². The third-order valence-corrected chi connectivity index (χ3v) is 4.25. The molecule has 3 aromatic rings. The van der Waals surface area contributed by atoms with E-state index >= 15 is 0 Å². The summed E-state index contributed by atoms with van der Waals surface area (Å²) in [5.41, 5.74) is 10.7. The zero-order chi connectivity index (χ0) is 18.8. The number of nitrogens with two attached hydrogens (primary N) is 1. The summed E-state index contributed by atoms with van der Waals surface area (Å²) >= 11 is 0. The highest BCUT2D eigenvalue weighted by Crippen LogP contribution is 2.36. The number of benzene rings is 2. The Morgan fingerprint density at radius 2 is 1.81 bits per heavy atom. The molecule has 0 saturated carbocycles. The SMILES string of the molecule is Cc1ccc(-c2nc(N)c(C#N)c(-c3cccc([N+](=O)[O-])c3)c2C)cc1. The summed E-state index contributed by atoms with van der Waals surface area (Å²) in [4.78, 5) is 15.1. The third-order valence-electron chi connectivity index (χ3n) is 4.25. The number of pyridine rings is 1. The minimum atomic E-state index is -0.462. The molecule has 0 aliphatic rings. The zero-order valence-corrected chi connectivity index (χ0v) is 14.4. The van der Waals surface area contributed by atoms with Crippen LogP contribution in [0, 0.1) is 35.3 Å². The predicted octanol–water partition coefficient (Wildman–Crippen LogP) is 4.39. The van der Waals surface area contributed by atoms with Crippen LogP contribution in [-0.4, -0.2) is 9.91 Å². The van der Waals surface area contributed by atoms with Gasteiger partial charge in [-0.2, -0.15) is 5.26 Å². The third kappa shape index (κ3) is 2.98. The molecule has 3 rings (SSSR count). The van der Waals surface area contributed by atoms with Crippen LogP contribution in [-0.2, 0) is 0 Å². The molecule has 0 amide bonds. The highest BCUT2D eigenvalue weighted by molar-refractivity contribution is 5.84. The Kier molecular flexibility index (Phi) is 4.38. The van der Waals surface area contributed by atoms with E-state index in [2.05, 4.69) is 11.1 Å². The van der Waals surface area contributed by atoms with Gasteiger partial charge in [0.1, 0.15) is 17.5 Å². The smallest absolute Gasteiger partial charge is 0.270 e. The van der Waals surface area contributed by atoms with Gasteiger partial charge in [0.2, 0.25) is 0 Å². The van der Waals surface area contributed by atoms with E-state index in [-0.39, 0.29) is 17.1 Å². The van der Waals surface area contributed by atoms with Crippen molar-refractivity contribution in [2.24, 2.45) is 0 Å². The second-order valence-electron chi connectivity index (χ2n) is 6.01. The quantitative estimate of drug-likeness (QED) is 0.560. The molecule has 0 atom stereocenters. The number of nitrogen functional groups attached to an aromatic ring is 1. The van der Waals surface area contributed by atoms with Gasteiger partial charge in [0.15, 0.2) is 0 Å². The molecule has 26 heavy (non-hydrogen) atoms. The minimum Gasteiger partial charge on any atom is -0.383 e. The fraction of sp³-hybridized carbons (Fsp3) is 0.100. The van der Waals surface area contributed by atoms with Crippen LogP contribution in [0.1, 0.15) is 16.7 Å². The lowest BCUT2D eigenvalue weighted by molar-refractivity contribution is -0.384. The van der Waals surface area contributed by atoms with Crippen molar-refractivity contribution in [3.63, 3.8) is 0 Å². The number of aromatic nitrogens is 1. The van der Waals surface area contributed by atoms with Crippen molar-refractivity contribution in [3.05, 3.63) is 75.3 Å². The number of hydrogen-bond acceptors (Lipinski definition) is 5. The monoisotopic (exact) mass is 344 g/mol. The Morgan fingerprint density at radius 3 is 2.42 bits per heavy atom. The zero-order valence-electron chi connectivity index (χ0n) is 14.4. The van der Waals surface area contributed by atoms with E-state index in [4.69, 9.17) is 5.73 Å². The van der Waals surface area contributed by atoms with Gasteiger partial charge in [-0.25, -0.2) is 4.98 Å². The van der Waals surface area contributed by atoms with Crippen LogP contribution in [0.25, 0.3) is 22.4 Å². The molecule has 128 valence electrons. The molecule has 2 N–H and O–H groups in total. The van der Waals surface area contributed by atoms with Gasteiger partial charge in [0.25, 0.3) is 5.69 Å². The summed E-state index contributed by atoms with van der Waals surface area (Å²) in [5, 5.41) is 20.7. The van der Waals surface area contributed by atoms with Crippen molar-refractivity contribution < 1.29 is 4.92 Å². The molecule has 6 nitrogen and oxygen atoms in total. The second-order valence-corrected chi connectivity index (χ2v) is 6.01. The maximum absolute atomic E-state index is 11.1. The van der Waals surface area contributed by atoms with Gasteiger partial charge in [-0.05, 0) is 25.0 Å². The lowest BCUT2D eigenvalue weighted by Gasteiger charge is -2.15. The first-order valence-electron chi connectivity index (χ1n) is 7.94. The Morgan fingerprint density at radius 1 is 1.12 bits per heavy atom. The lowest BCUT2D eigenvalue weighted by Crippen LogP contribution is -2.03. The van der Waals surface area contributed by atoms with Crippen LogP contribution in [0.5, 0.6) is 0 Å². The van der Waals surface area contributed by atoms with Crippen LogP contribution in [0.4, 0.5) is 11.5 Å². The summed E-state index contributed by atoms with van der Waals surface area (Å²) in [6.45, 7) is 3.84. The molecule has 0 saturated heterocycles. The summed E-state index contributed by atoms with van der Waals surface area (Å²) in [5.74, 6) is 0.107. The number of nitro groups is 1. The number of non-ortho nitro benzene ring substituents is 1. The maximum atomic E-state index is 11.1. The molecule has 2 aromatic carbocycles. The standard InChI is InChI=1S/C20H16N4O2/c1-12-6-8-14(9-7-12)19-13(2)18(17(11-21)20(22)23-19)15-4-3-5-16(10-15)24(25)26/h3-10H,1-2H3,(H2,22,23). The minimum absolute atomic E-state index is 0.0435. The van der Waals surface area contributed by atoms with Crippen molar-refractivity contribution in [1.82, 2.24) is 4.98 Å². The number of aryl methyl sites for hydroxylation is 1. The van der Waals surface area contributed by atoms with Crippen molar-refractivity contribution in [1.29, 1.82) is 5.26 Å². The lowest BCUT2D eigenvalue weighted by atomic mass is 9.92. The topological polar surface area (TPSA) is 106 Å². The molecule has 0 aliphatic heterocycles. The maximum Gasteiger partial charge on any atom is 0.270 e. The summed E-state index contributed by atoms with van der Waals surface area (Å²) in [6.07, 6.45) is 0. The molecule has 0 radical (unpaired) electrons. The molecular weight excluding hydrogens is 328 g/mol. The average Bonchev–Trinajstić information content (AvgIpc) is 2.63. The molecule has 0 bridgehead atoms. The molecule has 6 heteroatoms. The van der Waals surface area contributed by atoms with E-state index in [1.54, 1.807) is 12.1 Å². The fourth-order valence-electron chi connectivity index (χ4n) is 2.94.